The van der Waals surface area contributed by atoms with E-state index in [4.69, 9.17) is 9.47 Å². The van der Waals surface area contributed by atoms with Gasteiger partial charge >= 0.3 is 12.1 Å². The molecule has 1 N–H and O–H groups in total. The maximum Gasteiger partial charge on any atom is 0.408 e. The summed E-state index contributed by atoms with van der Waals surface area (Å²) in [6, 6.07) is -1.10. The van der Waals surface area contributed by atoms with Crippen LogP contribution in [0.2, 0.25) is 0 Å². The van der Waals surface area contributed by atoms with Gasteiger partial charge in [0.05, 0.1) is 12.6 Å². The zero-order valence-corrected chi connectivity index (χ0v) is 20.7. The Hall–Kier alpha value is -2.05. The lowest BCUT2D eigenvalue weighted by molar-refractivity contribution is -0.139. The maximum atomic E-state index is 13.4. The SMILES string of the molecule is CCOC(=O)C(C)=CC(CC(C)C)N(C)C(=O)C(NC(=O)OC(C)(C)C)C(C)(C)C. The molecule has 0 saturated heterocycles. The van der Waals surface area contributed by atoms with E-state index in [-0.39, 0.29) is 11.9 Å². The molecule has 174 valence electrons. The minimum Gasteiger partial charge on any atom is -0.463 e. The molecule has 7 heteroatoms. The Labute approximate surface area is 182 Å². The highest BCUT2D eigenvalue weighted by Crippen LogP contribution is 2.24. The van der Waals surface area contributed by atoms with Crippen LogP contribution in [-0.4, -0.2) is 54.2 Å². The van der Waals surface area contributed by atoms with Gasteiger partial charge in [0, 0.05) is 12.6 Å². The van der Waals surface area contributed by atoms with Crippen molar-refractivity contribution in [1.29, 1.82) is 0 Å². The van der Waals surface area contributed by atoms with Gasteiger partial charge in [-0.25, -0.2) is 9.59 Å². The molecule has 0 aliphatic heterocycles. The largest absolute Gasteiger partial charge is 0.463 e. The molecule has 2 amide bonds. The molecule has 2 unspecified atom stereocenters. The molecule has 0 radical (unpaired) electrons. The summed E-state index contributed by atoms with van der Waals surface area (Å²) in [4.78, 5) is 39.4. The molecule has 0 aromatic heterocycles. The van der Waals surface area contributed by atoms with Crippen LogP contribution in [0.5, 0.6) is 0 Å². The molecule has 0 aromatic carbocycles. The van der Waals surface area contributed by atoms with Crippen molar-refractivity contribution in [2.75, 3.05) is 13.7 Å². The molecular weight excluding hydrogens is 384 g/mol. The van der Waals surface area contributed by atoms with Gasteiger partial charge < -0.3 is 19.7 Å². The van der Waals surface area contributed by atoms with E-state index in [0.29, 0.717) is 24.5 Å². The Kier molecular flexibility index (Phi) is 10.6. The fourth-order valence-electron chi connectivity index (χ4n) is 2.86. The van der Waals surface area contributed by atoms with Crippen LogP contribution in [0.1, 0.15) is 75.7 Å². The average molecular weight is 427 g/mol. The van der Waals surface area contributed by atoms with E-state index >= 15 is 0 Å². The van der Waals surface area contributed by atoms with Crippen LogP contribution in [0.15, 0.2) is 11.6 Å². The summed E-state index contributed by atoms with van der Waals surface area (Å²) in [7, 11) is 1.69. The molecule has 7 nitrogen and oxygen atoms in total. The highest BCUT2D eigenvalue weighted by molar-refractivity contribution is 5.89. The molecule has 0 spiro atoms. The normalized spacial score (nSPS) is 14.7. The second-order valence-electron chi connectivity index (χ2n) is 10.2. The third-order valence-electron chi connectivity index (χ3n) is 4.37. The summed E-state index contributed by atoms with van der Waals surface area (Å²) in [6.45, 7) is 18.8. The zero-order valence-electron chi connectivity index (χ0n) is 20.7. The van der Waals surface area contributed by atoms with Crippen LogP contribution in [0, 0.1) is 11.3 Å². The smallest absolute Gasteiger partial charge is 0.408 e. The molecule has 0 aromatic rings. The number of carbonyl (C=O) groups is 3. The molecule has 0 bridgehead atoms. The fraction of sp³-hybridized carbons (Fsp3) is 0.783. The first-order valence-electron chi connectivity index (χ1n) is 10.6. The van der Waals surface area contributed by atoms with Crippen LogP contribution in [0.3, 0.4) is 0 Å². The number of hydrogen-bond acceptors (Lipinski definition) is 5. The molecule has 0 saturated carbocycles. The van der Waals surface area contributed by atoms with E-state index in [2.05, 4.69) is 19.2 Å². The number of hydrogen-bond donors (Lipinski definition) is 1. The molecule has 0 rings (SSSR count). The number of ether oxygens (including phenoxy) is 2. The van der Waals surface area contributed by atoms with Crippen LogP contribution in [-0.2, 0) is 19.1 Å². The molecule has 0 fully saturated rings. The Bertz CT molecular complexity index is 626. The lowest BCUT2D eigenvalue weighted by Crippen LogP contribution is -2.56. The summed E-state index contributed by atoms with van der Waals surface area (Å²) in [5, 5.41) is 2.73. The van der Waals surface area contributed by atoms with Crippen LogP contribution >= 0.6 is 0 Å². The lowest BCUT2D eigenvalue weighted by Gasteiger charge is -2.37. The summed E-state index contributed by atoms with van der Waals surface area (Å²) < 4.78 is 10.4. The second-order valence-corrected chi connectivity index (χ2v) is 10.2. The number of amides is 2. The van der Waals surface area contributed by atoms with Crippen molar-refractivity contribution in [1.82, 2.24) is 10.2 Å². The number of likely N-dealkylation sites (N-methyl/N-ethyl adjacent to an activating group) is 1. The topological polar surface area (TPSA) is 84.9 Å². The van der Waals surface area contributed by atoms with Crippen LogP contribution in [0.25, 0.3) is 0 Å². The van der Waals surface area contributed by atoms with Crippen molar-refractivity contribution in [3.63, 3.8) is 0 Å². The Morgan fingerprint density at radius 2 is 1.60 bits per heavy atom. The summed E-state index contributed by atoms with van der Waals surface area (Å²) in [6.07, 6.45) is 1.80. The molecule has 2 atom stereocenters. The third-order valence-corrected chi connectivity index (χ3v) is 4.37. The number of alkyl carbamates (subject to hydrolysis) is 1. The number of nitrogens with one attached hydrogen (secondary N) is 1. The van der Waals surface area contributed by atoms with Crippen molar-refractivity contribution < 1.29 is 23.9 Å². The minimum atomic E-state index is -0.789. The van der Waals surface area contributed by atoms with E-state index in [0.717, 1.165) is 0 Å². The lowest BCUT2D eigenvalue weighted by atomic mass is 9.85. The number of esters is 1. The third kappa shape index (κ3) is 10.1. The molecule has 30 heavy (non-hydrogen) atoms. The maximum absolute atomic E-state index is 13.4. The monoisotopic (exact) mass is 426 g/mol. The number of carbonyl (C=O) groups excluding carboxylic acids is 3. The van der Waals surface area contributed by atoms with Crippen molar-refractivity contribution in [2.24, 2.45) is 11.3 Å². The zero-order chi connectivity index (χ0) is 23.9. The molecule has 0 aliphatic carbocycles. The minimum absolute atomic E-state index is 0.244. The Balaban J connectivity index is 5.77. The van der Waals surface area contributed by atoms with Gasteiger partial charge in [0.1, 0.15) is 11.6 Å². The van der Waals surface area contributed by atoms with Crippen molar-refractivity contribution >= 4 is 18.0 Å². The average Bonchev–Trinajstić information content (AvgIpc) is 2.55. The van der Waals surface area contributed by atoms with Crippen LogP contribution in [0.4, 0.5) is 4.79 Å². The molecule has 0 aliphatic rings. The Morgan fingerprint density at radius 3 is 2.00 bits per heavy atom. The van der Waals surface area contributed by atoms with Gasteiger partial charge in [-0.1, -0.05) is 40.7 Å². The molecule has 0 heterocycles. The first-order valence-corrected chi connectivity index (χ1v) is 10.6. The van der Waals surface area contributed by atoms with Gasteiger partial charge in [-0.2, -0.15) is 0 Å². The predicted molar refractivity (Wildman–Crippen MR) is 119 cm³/mol. The van der Waals surface area contributed by atoms with Crippen LogP contribution < -0.4 is 5.32 Å². The molecular formula is C23H42N2O5. The summed E-state index contributed by atoms with van der Waals surface area (Å²) in [5.74, 6) is -0.346. The van der Waals surface area contributed by atoms with Gasteiger partial charge in [-0.15, -0.1) is 0 Å². The van der Waals surface area contributed by atoms with E-state index in [1.807, 2.05) is 20.8 Å². The van der Waals surface area contributed by atoms with Gasteiger partial charge in [0.2, 0.25) is 5.91 Å². The first-order chi connectivity index (χ1) is 13.5. The first kappa shape index (κ1) is 27.9. The van der Waals surface area contributed by atoms with Gasteiger partial charge in [0.25, 0.3) is 0 Å². The van der Waals surface area contributed by atoms with E-state index < -0.39 is 29.1 Å². The quantitative estimate of drug-likeness (QED) is 0.462. The van der Waals surface area contributed by atoms with Gasteiger partial charge in [-0.3, -0.25) is 4.79 Å². The van der Waals surface area contributed by atoms with E-state index in [1.54, 1.807) is 52.6 Å². The summed E-state index contributed by atoms with van der Waals surface area (Å²) >= 11 is 0. The van der Waals surface area contributed by atoms with Crippen molar-refractivity contribution in [2.45, 2.75) is 93.3 Å². The highest BCUT2D eigenvalue weighted by Gasteiger charge is 2.37. The Morgan fingerprint density at radius 1 is 1.07 bits per heavy atom. The predicted octanol–water partition coefficient (Wildman–Crippen LogP) is 4.31. The fourth-order valence-corrected chi connectivity index (χ4v) is 2.86. The van der Waals surface area contributed by atoms with Gasteiger partial charge in [-0.05, 0) is 52.4 Å². The second kappa shape index (κ2) is 11.4. The van der Waals surface area contributed by atoms with Crippen molar-refractivity contribution in [3.05, 3.63) is 11.6 Å². The number of nitrogens with zero attached hydrogens (tertiary/aromatic N) is 1. The van der Waals surface area contributed by atoms with E-state index in [9.17, 15) is 14.4 Å². The highest BCUT2D eigenvalue weighted by atomic mass is 16.6. The van der Waals surface area contributed by atoms with Crippen molar-refractivity contribution in [3.8, 4) is 0 Å². The number of rotatable bonds is 8. The van der Waals surface area contributed by atoms with Gasteiger partial charge in [0.15, 0.2) is 0 Å². The van der Waals surface area contributed by atoms with E-state index in [1.165, 1.54) is 0 Å². The summed E-state index contributed by atoms with van der Waals surface area (Å²) in [5.41, 5.74) is -0.749. The standard InChI is InChI=1S/C23H42N2O5/c1-12-29-20(27)16(4)14-17(13-15(2)3)25(11)19(26)18(22(5,6)7)24-21(28)30-23(8,9)10/h14-15,17-18H,12-13H2,1-11H3,(H,24,28).